The average molecular weight is 297 g/mol. The summed E-state index contributed by atoms with van der Waals surface area (Å²) in [5.74, 6) is 2.20. The van der Waals surface area contributed by atoms with E-state index < -0.39 is 0 Å². The molecule has 0 aliphatic carbocycles. The normalized spacial score (nSPS) is 11.0. The van der Waals surface area contributed by atoms with Crippen LogP contribution >= 0.6 is 0 Å². The lowest BCUT2D eigenvalue weighted by molar-refractivity contribution is 0.165. The van der Waals surface area contributed by atoms with E-state index >= 15 is 0 Å². The number of aryl methyl sites for hydroxylation is 1. The van der Waals surface area contributed by atoms with Crippen LogP contribution in [0.25, 0.3) is 11.6 Å². The van der Waals surface area contributed by atoms with Crippen LogP contribution in [0.4, 0.5) is 0 Å². The van der Waals surface area contributed by atoms with Gasteiger partial charge in [0.15, 0.2) is 11.6 Å². The van der Waals surface area contributed by atoms with E-state index in [2.05, 4.69) is 41.3 Å². The van der Waals surface area contributed by atoms with Gasteiger partial charge in [0.25, 0.3) is 0 Å². The summed E-state index contributed by atoms with van der Waals surface area (Å²) in [6, 6.07) is 12.3. The molecule has 0 amide bonds. The first-order chi connectivity index (χ1) is 10.8. The van der Waals surface area contributed by atoms with Gasteiger partial charge in [0.05, 0.1) is 6.54 Å². The van der Waals surface area contributed by atoms with Crippen LogP contribution in [0.1, 0.15) is 23.8 Å². The second kappa shape index (κ2) is 6.58. The molecule has 1 aromatic carbocycles. The van der Waals surface area contributed by atoms with Crippen LogP contribution in [-0.2, 0) is 24.3 Å². The molecule has 22 heavy (non-hydrogen) atoms. The molecule has 2 heterocycles. The second-order valence-corrected chi connectivity index (χ2v) is 5.11. The topological polar surface area (TPSA) is 53.1 Å². The number of aromatic nitrogens is 3. The minimum Gasteiger partial charge on any atom is -0.455 e. The van der Waals surface area contributed by atoms with E-state index in [1.165, 1.54) is 11.1 Å². The monoisotopic (exact) mass is 297 g/mol. The first-order valence-corrected chi connectivity index (χ1v) is 7.33. The van der Waals surface area contributed by atoms with Gasteiger partial charge < -0.3 is 9.15 Å². The van der Waals surface area contributed by atoms with Crippen molar-refractivity contribution in [2.24, 2.45) is 0 Å². The zero-order valence-corrected chi connectivity index (χ0v) is 12.8. The number of ether oxygens (including phenoxy) is 1. The van der Waals surface area contributed by atoms with Gasteiger partial charge in [-0.05, 0) is 29.7 Å². The molecular weight excluding hydrogens is 278 g/mol. The van der Waals surface area contributed by atoms with Gasteiger partial charge in [-0.25, -0.2) is 9.67 Å². The molecule has 0 N–H and O–H groups in total. The molecule has 0 aliphatic heterocycles. The Morgan fingerprint density at radius 2 is 1.86 bits per heavy atom. The van der Waals surface area contributed by atoms with E-state index in [1.54, 1.807) is 13.4 Å². The summed E-state index contributed by atoms with van der Waals surface area (Å²) < 4.78 is 12.6. The average Bonchev–Trinajstić information content (AvgIpc) is 3.17. The molecule has 5 nitrogen and oxygen atoms in total. The Labute approximate surface area is 129 Å². The summed E-state index contributed by atoms with van der Waals surface area (Å²) in [4.78, 5) is 4.31. The first kappa shape index (κ1) is 14.5. The minimum atomic E-state index is 0.451. The minimum absolute atomic E-state index is 0.451. The number of furan rings is 1. The van der Waals surface area contributed by atoms with Crippen LogP contribution in [0.5, 0.6) is 0 Å². The van der Waals surface area contributed by atoms with E-state index in [9.17, 15) is 0 Å². The summed E-state index contributed by atoms with van der Waals surface area (Å²) >= 11 is 0. The van der Waals surface area contributed by atoms with E-state index in [0.29, 0.717) is 18.9 Å². The fourth-order valence-electron chi connectivity index (χ4n) is 2.34. The fraction of sp³-hybridized carbons (Fsp3) is 0.294. The van der Waals surface area contributed by atoms with Gasteiger partial charge >= 0.3 is 0 Å². The Morgan fingerprint density at radius 1 is 1.09 bits per heavy atom. The van der Waals surface area contributed by atoms with Gasteiger partial charge in [0.2, 0.25) is 0 Å². The molecule has 0 unspecified atom stereocenters. The van der Waals surface area contributed by atoms with Gasteiger partial charge in [-0.15, -0.1) is 0 Å². The van der Waals surface area contributed by atoms with Crippen LogP contribution < -0.4 is 0 Å². The first-order valence-electron chi connectivity index (χ1n) is 7.33. The standard InChI is InChI=1S/C17H19N3O2/c1-3-13-4-6-14(7-5-13)10-20-17(18-12-19-20)16-9-8-15(22-16)11-21-2/h4-9,12H,3,10-11H2,1-2H3. The predicted molar refractivity (Wildman–Crippen MR) is 83.4 cm³/mol. The van der Waals surface area contributed by atoms with Gasteiger partial charge in [-0.1, -0.05) is 31.2 Å². The van der Waals surface area contributed by atoms with Gasteiger partial charge in [0, 0.05) is 7.11 Å². The van der Waals surface area contributed by atoms with Gasteiger partial charge in [-0.3, -0.25) is 0 Å². The van der Waals surface area contributed by atoms with Crippen molar-refractivity contribution in [3.63, 3.8) is 0 Å². The zero-order chi connectivity index (χ0) is 15.4. The molecule has 0 radical (unpaired) electrons. The predicted octanol–water partition coefficient (Wildman–Crippen LogP) is 3.30. The maximum atomic E-state index is 5.73. The molecule has 0 atom stereocenters. The van der Waals surface area contributed by atoms with E-state index in [4.69, 9.17) is 9.15 Å². The number of hydrogen-bond acceptors (Lipinski definition) is 4. The lowest BCUT2D eigenvalue weighted by Crippen LogP contribution is -2.04. The molecule has 3 rings (SSSR count). The number of hydrogen-bond donors (Lipinski definition) is 0. The SMILES string of the molecule is CCc1ccc(Cn2ncnc2-c2ccc(COC)o2)cc1. The van der Waals surface area contributed by atoms with E-state index in [-0.39, 0.29) is 0 Å². The summed E-state index contributed by atoms with van der Waals surface area (Å²) in [5, 5.41) is 4.30. The van der Waals surface area contributed by atoms with Crippen LogP contribution in [0.3, 0.4) is 0 Å². The fourth-order valence-corrected chi connectivity index (χ4v) is 2.34. The van der Waals surface area contributed by atoms with Crippen LogP contribution in [0.2, 0.25) is 0 Å². The highest BCUT2D eigenvalue weighted by Gasteiger charge is 2.12. The number of benzene rings is 1. The number of nitrogens with zero attached hydrogens (tertiary/aromatic N) is 3. The summed E-state index contributed by atoms with van der Waals surface area (Å²) in [6.45, 7) is 3.27. The van der Waals surface area contributed by atoms with Crippen molar-refractivity contribution in [2.75, 3.05) is 7.11 Å². The summed E-state index contributed by atoms with van der Waals surface area (Å²) in [6.07, 6.45) is 2.60. The van der Waals surface area contributed by atoms with E-state index in [1.807, 2.05) is 16.8 Å². The number of methoxy groups -OCH3 is 1. The molecule has 114 valence electrons. The Kier molecular flexibility index (Phi) is 4.34. The lowest BCUT2D eigenvalue weighted by atomic mass is 10.1. The lowest BCUT2D eigenvalue weighted by Gasteiger charge is -2.05. The Bertz CT molecular complexity index is 728. The number of rotatable bonds is 6. The van der Waals surface area contributed by atoms with Crippen molar-refractivity contribution in [3.8, 4) is 11.6 Å². The van der Waals surface area contributed by atoms with Crippen molar-refractivity contribution in [2.45, 2.75) is 26.5 Å². The second-order valence-electron chi connectivity index (χ2n) is 5.11. The highest BCUT2D eigenvalue weighted by molar-refractivity contribution is 5.47. The highest BCUT2D eigenvalue weighted by atomic mass is 16.5. The maximum Gasteiger partial charge on any atom is 0.194 e. The molecule has 0 bridgehead atoms. The quantitative estimate of drug-likeness (QED) is 0.700. The van der Waals surface area contributed by atoms with Gasteiger partial charge in [-0.2, -0.15) is 5.10 Å². The third-order valence-electron chi connectivity index (χ3n) is 3.55. The molecule has 0 saturated heterocycles. The van der Waals surface area contributed by atoms with Crippen molar-refractivity contribution in [3.05, 3.63) is 59.6 Å². The molecule has 0 aliphatic rings. The Hall–Kier alpha value is -2.40. The smallest absolute Gasteiger partial charge is 0.194 e. The van der Waals surface area contributed by atoms with Crippen molar-refractivity contribution in [1.29, 1.82) is 0 Å². The molecule has 5 heteroatoms. The molecule has 0 saturated carbocycles. The molecule has 3 aromatic rings. The maximum absolute atomic E-state index is 5.73. The van der Waals surface area contributed by atoms with E-state index in [0.717, 1.165) is 18.0 Å². The largest absolute Gasteiger partial charge is 0.455 e. The zero-order valence-electron chi connectivity index (χ0n) is 12.8. The van der Waals surface area contributed by atoms with Crippen LogP contribution in [0, 0.1) is 0 Å². The third-order valence-corrected chi connectivity index (χ3v) is 3.55. The van der Waals surface area contributed by atoms with Crippen molar-refractivity contribution in [1.82, 2.24) is 14.8 Å². The Morgan fingerprint density at radius 3 is 2.59 bits per heavy atom. The van der Waals surface area contributed by atoms with Crippen LogP contribution in [0.15, 0.2) is 47.1 Å². The molecule has 0 fully saturated rings. The summed E-state index contributed by atoms with van der Waals surface area (Å²) in [7, 11) is 1.64. The highest BCUT2D eigenvalue weighted by Crippen LogP contribution is 2.21. The molecule has 2 aromatic heterocycles. The molecular formula is C17H19N3O2. The Balaban J connectivity index is 1.81. The molecule has 0 spiro atoms. The van der Waals surface area contributed by atoms with Crippen molar-refractivity contribution >= 4 is 0 Å². The third kappa shape index (κ3) is 3.09. The van der Waals surface area contributed by atoms with Gasteiger partial charge in [0.1, 0.15) is 18.7 Å². The summed E-state index contributed by atoms with van der Waals surface area (Å²) in [5.41, 5.74) is 2.52. The van der Waals surface area contributed by atoms with Crippen LogP contribution in [-0.4, -0.2) is 21.9 Å². The van der Waals surface area contributed by atoms with Crippen molar-refractivity contribution < 1.29 is 9.15 Å².